The molecule has 0 aliphatic rings. The number of rotatable bonds is 3. The smallest absolute Gasteiger partial charge is 0.101 e. The molecule has 1 unspecified atom stereocenters. The van der Waals surface area contributed by atoms with Crippen molar-refractivity contribution < 1.29 is 10.4 Å². The van der Waals surface area contributed by atoms with Gasteiger partial charge in [0.25, 0.3) is 0 Å². The summed E-state index contributed by atoms with van der Waals surface area (Å²) in [7, 11) is 0. The van der Waals surface area contributed by atoms with Gasteiger partial charge in [0, 0.05) is 5.92 Å². The first-order valence-electron chi connectivity index (χ1n) is 6.28. The Labute approximate surface area is 120 Å². The molecule has 3 rings (SSSR count). The van der Waals surface area contributed by atoms with Crippen LogP contribution >= 0.6 is 11.3 Å². The van der Waals surface area contributed by atoms with E-state index in [1.54, 1.807) is 23.5 Å². The zero-order valence-corrected chi connectivity index (χ0v) is 11.7. The van der Waals surface area contributed by atoms with E-state index in [0.717, 1.165) is 16.1 Å². The monoisotopic (exact) mass is 286 g/mol. The Kier molecular flexibility index (Phi) is 3.40. The van der Waals surface area contributed by atoms with Crippen LogP contribution in [0, 0.1) is 0 Å². The first-order chi connectivity index (χ1) is 9.65. The number of anilines is 1. The summed E-state index contributed by atoms with van der Waals surface area (Å²) in [6, 6.07) is 15.2. The Morgan fingerprint density at radius 2 is 1.75 bits per heavy atom. The SMILES string of the molecule is CC(c1ccc(N(O)O)cc1)c1nc2ccccc2s1. The summed E-state index contributed by atoms with van der Waals surface area (Å²) >= 11 is 1.69. The second kappa shape index (κ2) is 5.20. The lowest BCUT2D eigenvalue weighted by Gasteiger charge is -2.11. The number of thiazole rings is 1. The Morgan fingerprint density at radius 1 is 1.05 bits per heavy atom. The number of hydrogen-bond donors (Lipinski definition) is 2. The summed E-state index contributed by atoms with van der Waals surface area (Å²) in [6.45, 7) is 2.10. The average molecular weight is 286 g/mol. The molecule has 0 bridgehead atoms. The highest BCUT2D eigenvalue weighted by Gasteiger charge is 2.13. The normalized spacial score (nSPS) is 12.6. The molecule has 0 radical (unpaired) electrons. The first-order valence-corrected chi connectivity index (χ1v) is 7.10. The molecule has 2 N–H and O–H groups in total. The molecule has 102 valence electrons. The highest BCUT2D eigenvalue weighted by molar-refractivity contribution is 7.18. The summed E-state index contributed by atoms with van der Waals surface area (Å²) in [5.41, 5.74) is 2.45. The molecule has 0 aliphatic carbocycles. The summed E-state index contributed by atoms with van der Waals surface area (Å²) in [5, 5.41) is 19.1. The van der Waals surface area contributed by atoms with E-state index in [0.29, 0.717) is 5.69 Å². The molecular weight excluding hydrogens is 272 g/mol. The minimum Gasteiger partial charge on any atom is -0.264 e. The van der Waals surface area contributed by atoms with E-state index < -0.39 is 0 Å². The predicted molar refractivity (Wildman–Crippen MR) is 79.6 cm³/mol. The second-order valence-corrected chi connectivity index (χ2v) is 5.68. The van der Waals surface area contributed by atoms with Crippen molar-refractivity contribution in [2.75, 3.05) is 5.23 Å². The summed E-state index contributed by atoms with van der Waals surface area (Å²) in [6.07, 6.45) is 0. The van der Waals surface area contributed by atoms with Gasteiger partial charge in [-0.05, 0) is 29.8 Å². The van der Waals surface area contributed by atoms with Gasteiger partial charge in [0.1, 0.15) is 5.01 Å². The van der Waals surface area contributed by atoms with Gasteiger partial charge in [-0.1, -0.05) is 31.2 Å². The maximum atomic E-state index is 8.94. The van der Waals surface area contributed by atoms with Crippen LogP contribution in [-0.2, 0) is 0 Å². The number of fused-ring (bicyclic) bond motifs is 1. The minimum atomic E-state index is 0.117. The van der Waals surface area contributed by atoms with E-state index in [-0.39, 0.29) is 11.1 Å². The van der Waals surface area contributed by atoms with Gasteiger partial charge in [0.2, 0.25) is 0 Å². The van der Waals surface area contributed by atoms with Crippen molar-refractivity contribution in [3.63, 3.8) is 0 Å². The molecule has 20 heavy (non-hydrogen) atoms. The second-order valence-electron chi connectivity index (χ2n) is 4.62. The summed E-state index contributed by atoms with van der Waals surface area (Å²) in [4.78, 5) is 4.66. The molecule has 3 aromatic rings. The third kappa shape index (κ3) is 2.38. The zero-order chi connectivity index (χ0) is 14.1. The molecule has 1 aromatic heterocycles. The lowest BCUT2D eigenvalue weighted by Crippen LogP contribution is -2.10. The molecule has 2 aromatic carbocycles. The van der Waals surface area contributed by atoms with E-state index >= 15 is 0 Å². The van der Waals surface area contributed by atoms with Gasteiger partial charge in [-0.15, -0.1) is 16.6 Å². The van der Waals surface area contributed by atoms with Gasteiger partial charge in [-0.25, -0.2) is 4.98 Å². The van der Waals surface area contributed by atoms with Gasteiger partial charge in [0.15, 0.2) is 0 Å². The number of benzene rings is 2. The van der Waals surface area contributed by atoms with Gasteiger partial charge >= 0.3 is 0 Å². The van der Waals surface area contributed by atoms with Gasteiger partial charge in [-0.2, -0.15) is 0 Å². The first kappa shape index (κ1) is 13.1. The van der Waals surface area contributed by atoms with Crippen LogP contribution in [0.3, 0.4) is 0 Å². The fourth-order valence-corrected chi connectivity index (χ4v) is 3.16. The van der Waals surface area contributed by atoms with E-state index in [1.165, 1.54) is 4.70 Å². The largest absolute Gasteiger partial charge is 0.264 e. The quantitative estimate of drug-likeness (QED) is 0.714. The van der Waals surface area contributed by atoms with Crippen molar-refractivity contribution in [2.45, 2.75) is 12.8 Å². The molecule has 0 spiro atoms. The molecule has 0 aliphatic heterocycles. The molecule has 0 amide bonds. The van der Waals surface area contributed by atoms with Crippen molar-refractivity contribution in [3.8, 4) is 0 Å². The maximum Gasteiger partial charge on any atom is 0.101 e. The number of nitrogens with zero attached hydrogens (tertiary/aromatic N) is 2. The van der Waals surface area contributed by atoms with Gasteiger partial charge in [-0.3, -0.25) is 10.4 Å². The molecule has 5 heteroatoms. The van der Waals surface area contributed by atoms with Crippen LogP contribution in [-0.4, -0.2) is 15.4 Å². The van der Waals surface area contributed by atoms with Crippen LogP contribution in [0.15, 0.2) is 48.5 Å². The molecule has 0 saturated carbocycles. The van der Waals surface area contributed by atoms with Crippen LogP contribution in [0.1, 0.15) is 23.4 Å². The maximum absolute atomic E-state index is 8.94. The fraction of sp³-hybridized carbons (Fsp3) is 0.133. The van der Waals surface area contributed by atoms with Crippen molar-refractivity contribution in [2.24, 2.45) is 0 Å². The molecule has 0 saturated heterocycles. The minimum absolute atomic E-state index is 0.117. The lowest BCUT2D eigenvalue weighted by molar-refractivity contribution is 0.0291. The van der Waals surface area contributed by atoms with Crippen LogP contribution in [0.25, 0.3) is 10.2 Å². The van der Waals surface area contributed by atoms with Crippen molar-refractivity contribution >= 4 is 27.2 Å². The Morgan fingerprint density at radius 3 is 2.40 bits per heavy atom. The van der Waals surface area contributed by atoms with Crippen LogP contribution in [0.4, 0.5) is 5.69 Å². The fourth-order valence-electron chi connectivity index (χ4n) is 2.11. The number of para-hydroxylation sites is 1. The zero-order valence-electron chi connectivity index (χ0n) is 10.9. The standard InChI is InChI=1S/C15H14N2O2S/c1-10(11-6-8-12(9-7-11)17(18)19)15-16-13-4-2-3-5-14(13)20-15/h2-10,18-19H,1H3. The van der Waals surface area contributed by atoms with Crippen molar-refractivity contribution in [1.29, 1.82) is 0 Å². The van der Waals surface area contributed by atoms with Crippen molar-refractivity contribution in [3.05, 3.63) is 59.1 Å². The highest BCUT2D eigenvalue weighted by atomic mass is 32.1. The number of hydrogen-bond acceptors (Lipinski definition) is 5. The lowest BCUT2D eigenvalue weighted by atomic mass is 10.0. The third-order valence-corrected chi connectivity index (χ3v) is 4.52. The van der Waals surface area contributed by atoms with E-state index in [4.69, 9.17) is 10.4 Å². The average Bonchev–Trinajstić information content (AvgIpc) is 2.90. The van der Waals surface area contributed by atoms with Crippen LogP contribution in [0.5, 0.6) is 0 Å². The van der Waals surface area contributed by atoms with E-state index in [2.05, 4.69) is 18.0 Å². The Hall–Kier alpha value is -1.95. The van der Waals surface area contributed by atoms with Crippen LogP contribution < -0.4 is 5.23 Å². The highest BCUT2D eigenvalue weighted by Crippen LogP contribution is 2.31. The van der Waals surface area contributed by atoms with Crippen molar-refractivity contribution in [1.82, 2.24) is 4.98 Å². The number of aromatic nitrogens is 1. The topological polar surface area (TPSA) is 56.6 Å². The van der Waals surface area contributed by atoms with E-state index in [9.17, 15) is 0 Å². The molecule has 0 fully saturated rings. The molecule has 1 atom stereocenters. The summed E-state index contributed by atoms with van der Waals surface area (Å²) in [5.74, 6) is 0.173. The van der Waals surface area contributed by atoms with Crippen LogP contribution in [0.2, 0.25) is 0 Å². The Bertz CT molecular complexity index is 689. The predicted octanol–water partition coefficient (Wildman–Crippen LogP) is 4.03. The third-order valence-electron chi connectivity index (χ3n) is 3.30. The molecule has 4 nitrogen and oxygen atoms in total. The molecule has 1 heterocycles. The van der Waals surface area contributed by atoms with Gasteiger partial charge in [0.05, 0.1) is 15.9 Å². The summed E-state index contributed by atoms with van der Waals surface area (Å²) < 4.78 is 1.18. The molecular formula is C15H14N2O2S. The Balaban J connectivity index is 1.93. The van der Waals surface area contributed by atoms with E-state index in [1.807, 2.05) is 30.3 Å². The van der Waals surface area contributed by atoms with Gasteiger partial charge < -0.3 is 0 Å².